The molecule has 2 aliphatic rings. The SMILES string of the molecule is CC1(C)C=C2Nc3ccccc3NC(c3cccc(O)c3)C2C(=O)C1. The third kappa shape index (κ3) is 2.88. The molecule has 0 saturated heterocycles. The van der Waals surface area contributed by atoms with Gasteiger partial charge in [-0.2, -0.15) is 0 Å². The van der Waals surface area contributed by atoms with Crippen LogP contribution in [0.3, 0.4) is 0 Å². The lowest BCUT2D eigenvalue weighted by atomic mass is 9.72. The zero-order valence-electron chi connectivity index (χ0n) is 14.4. The minimum absolute atomic E-state index is 0.168. The summed E-state index contributed by atoms with van der Waals surface area (Å²) < 4.78 is 0. The summed E-state index contributed by atoms with van der Waals surface area (Å²) in [7, 11) is 0. The van der Waals surface area contributed by atoms with Crippen molar-refractivity contribution in [2.75, 3.05) is 10.6 Å². The number of phenols is 1. The third-order valence-electron chi connectivity index (χ3n) is 4.94. The van der Waals surface area contributed by atoms with Gasteiger partial charge in [-0.3, -0.25) is 4.79 Å². The molecule has 4 nitrogen and oxygen atoms in total. The van der Waals surface area contributed by atoms with Gasteiger partial charge in [0.1, 0.15) is 11.5 Å². The molecule has 0 spiro atoms. The van der Waals surface area contributed by atoms with Gasteiger partial charge in [-0.05, 0) is 35.2 Å². The predicted molar refractivity (Wildman–Crippen MR) is 99.5 cm³/mol. The summed E-state index contributed by atoms with van der Waals surface area (Å²) in [4.78, 5) is 13.0. The van der Waals surface area contributed by atoms with E-state index in [2.05, 4.69) is 30.6 Å². The smallest absolute Gasteiger partial charge is 0.145 e. The van der Waals surface area contributed by atoms with E-state index in [9.17, 15) is 9.90 Å². The number of phenolic OH excluding ortho intramolecular Hbond substituents is 1. The molecule has 1 heterocycles. The number of benzene rings is 2. The van der Waals surface area contributed by atoms with Gasteiger partial charge in [0.2, 0.25) is 0 Å². The standard InChI is InChI=1S/C21H22N2O2/c1-21(2)11-17-19(18(25)12-21)20(13-6-5-7-14(24)10-13)23-16-9-4-3-8-15(16)22-17/h3-11,19-20,22-24H,12H2,1-2H3. The summed E-state index contributed by atoms with van der Waals surface area (Å²) in [6, 6.07) is 14.9. The minimum Gasteiger partial charge on any atom is -0.508 e. The Morgan fingerprint density at radius 3 is 2.60 bits per heavy atom. The summed E-state index contributed by atoms with van der Waals surface area (Å²) in [5.74, 6) is 0.116. The first-order valence-corrected chi connectivity index (χ1v) is 8.60. The summed E-state index contributed by atoms with van der Waals surface area (Å²) in [5.41, 5.74) is 3.59. The van der Waals surface area contributed by atoms with Crippen molar-refractivity contribution in [1.29, 1.82) is 0 Å². The monoisotopic (exact) mass is 334 g/mol. The highest BCUT2D eigenvalue weighted by atomic mass is 16.3. The maximum atomic E-state index is 13.0. The molecular formula is C21H22N2O2. The number of carbonyl (C=O) groups is 1. The number of aromatic hydroxyl groups is 1. The van der Waals surface area contributed by atoms with Crippen molar-refractivity contribution in [2.24, 2.45) is 11.3 Å². The number of hydrogen-bond acceptors (Lipinski definition) is 4. The van der Waals surface area contributed by atoms with Crippen molar-refractivity contribution in [3.63, 3.8) is 0 Å². The average Bonchev–Trinajstić information content (AvgIpc) is 2.70. The second-order valence-corrected chi connectivity index (χ2v) is 7.60. The van der Waals surface area contributed by atoms with Crippen LogP contribution in [0.25, 0.3) is 0 Å². The van der Waals surface area contributed by atoms with Crippen LogP contribution in [0, 0.1) is 11.3 Å². The van der Waals surface area contributed by atoms with Gasteiger partial charge in [-0.25, -0.2) is 0 Å². The molecule has 1 aliphatic carbocycles. The molecule has 0 bridgehead atoms. The van der Waals surface area contributed by atoms with E-state index in [1.165, 1.54) is 0 Å². The first-order valence-electron chi connectivity index (χ1n) is 8.60. The molecule has 4 heteroatoms. The molecule has 4 rings (SSSR count). The van der Waals surface area contributed by atoms with Gasteiger partial charge < -0.3 is 15.7 Å². The van der Waals surface area contributed by atoms with E-state index in [-0.39, 0.29) is 28.9 Å². The summed E-state index contributed by atoms with van der Waals surface area (Å²) >= 11 is 0. The number of para-hydroxylation sites is 2. The van der Waals surface area contributed by atoms with Crippen LogP contribution in [-0.2, 0) is 4.79 Å². The molecular weight excluding hydrogens is 312 g/mol. The number of hydrogen-bond donors (Lipinski definition) is 3. The maximum Gasteiger partial charge on any atom is 0.145 e. The predicted octanol–water partition coefficient (Wildman–Crippen LogP) is 4.47. The first-order chi connectivity index (χ1) is 11.9. The maximum absolute atomic E-state index is 13.0. The highest BCUT2D eigenvalue weighted by Gasteiger charge is 2.41. The van der Waals surface area contributed by atoms with Gasteiger partial charge in [0, 0.05) is 12.1 Å². The number of fused-ring (bicyclic) bond motifs is 2. The fraction of sp³-hybridized carbons (Fsp3) is 0.286. The van der Waals surface area contributed by atoms with E-state index < -0.39 is 0 Å². The molecule has 0 aromatic heterocycles. The van der Waals surface area contributed by atoms with Crippen molar-refractivity contribution in [1.82, 2.24) is 0 Å². The lowest BCUT2D eigenvalue weighted by Gasteiger charge is -2.35. The Bertz CT molecular complexity index is 870. The van der Waals surface area contributed by atoms with E-state index in [0.717, 1.165) is 22.6 Å². The van der Waals surface area contributed by atoms with E-state index in [0.29, 0.717) is 6.42 Å². The van der Waals surface area contributed by atoms with Gasteiger partial charge in [-0.15, -0.1) is 0 Å². The summed E-state index contributed by atoms with van der Waals surface area (Å²) in [5, 5.41) is 16.9. The number of carbonyl (C=O) groups excluding carboxylic acids is 1. The molecule has 0 saturated carbocycles. The van der Waals surface area contributed by atoms with Crippen LogP contribution in [0.5, 0.6) is 5.75 Å². The molecule has 2 aromatic carbocycles. The third-order valence-corrected chi connectivity index (χ3v) is 4.94. The molecule has 0 fully saturated rings. The molecule has 2 atom stereocenters. The Balaban J connectivity index is 1.88. The Morgan fingerprint density at radius 1 is 1.08 bits per heavy atom. The number of anilines is 2. The van der Waals surface area contributed by atoms with Gasteiger partial charge >= 0.3 is 0 Å². The van der Waals surface area contributed by atoms with Crippen molar-refractivity contribution < 1.29 is 9.90 Å². The number of rotatable bonds is 1. The van der Waals surface area contributed by atoms with Crippen LogP contribution in [-0.4, -0.2) is 10.9 Å². The number of allylic oxidation sites excluding steroid dienone is 1. The summed E-state index contributed by atoms with van der Waals surface area (Å²) in [6.07, 6.45) is 2.69. The number of ketones is 1. The largest absolute Gasteiger partial charge is 0.508 e. The van der Waals surface area contributed by atoms with Crippen molar-refractivity contribution >= 4 is 17.2 Å². The van der Waals surface area contributed by atoms with E-state index in [1.807, 2.05) is 36.4 Å². The normalized spacial score (nSPS) is 24.1. The van der Waals surface area contributed by atoms with Gasteiger partial charge in [0.15, 0.2) is 0 Å². The van der Waals surface area contributed by atoms with E-state index >= 15 is 0 Å². The molecule has 128 valence electrons. The van der Waals surface area contributed by atoms with Gasteiger partial charge in [0.25, 0.3) is 0 Å². The fourth-order valence-electron chi connectivity index (χ4n) is 3.89. The average molecular weight is 334 g/mol. The van der Waals surface area contributed by atoms with Crippen LogP contribution >= 0.6 is 0 Å². The Labute approximate surface area is 147 Å². The second kappa shape index (κ2) is 5.66. The minimum atomic E-state index is -0.303. The van der Waals surface area contributed by atoms with Gasteiger partial charge in [0.05, 0.1) is 23.3 Å². The molecule has 0 radical (unpaired) electrons. The highest BCUT2D eigenvalue weighted by Crippen LogP contribution is 2.45. The lowest BCUT2D eigenvalue weighted by molar-refractivity contribution is -0.124. The molecule has 0 amide bonds. The quantitative estimate of drug-likeness (QED) is 0.720. The van der Waals surface area contributed by atoms with Crippen molar-refractivity contribution in [3.05, 3.63) is 65.9 Å². The van der Waals surface area contributed by atoms with Crippen LogP contribution in [0.15, 0.2) is 60.3 Å². The van der Waals surface area contributed by atoms with Crippen LogP contribution in [0.4, 0.5) is 11.4 Å². The molecule has 2 aromatic rings. The topological polar surface area (TPSA) is 61.4 Å². The molecule has 25 heavy (non-hydrogen) atoms. The Kier molecular flexibility index (Phi) is 3.57. The first kappa shape index (κ1) is 15.8. The fourth-order valence-corrected chi connectivity index (χ4v) is 3.89. The summed E-state index contributed by atoms with van der Waals surface area (Å²) in [6.45, 7) is 4.17. The van der Waals surface area contributed by atoms with Crippen molar-refractivity contribution in [3.8, 4) is 5.75 Å². The Morgan fingerprint density at radius 2 is 1.84 bits per heavy atom. The van der Waals surface area contributed by atoms with E-state index in [4.69, 9.17) is 0 Å². The van der Waals surface area contributed by atoms with Crippen molar-refractivity contribution in [2.45, 2.75) is 26.3 Å². The molecule has 1 aliphatic heterocycles. The zero-order valence-corrected chi connectivity index (χ0v) is 14.4. The van der Waals surface area contributed by atoms with E-state index in [1.54, 1.807) is 12.1 Å². The molecule has 3 N–H and O–H groups in total. The zero-order chi connectivity index (χ0) is 17.6. The van der Waals surface area contributed by atoms with Crippen LogP contribution < -0.4 is 10.6 Å². The van der Waals surface area contributed by atoms with Crippen LogP contribution in [0.1, 0.15) is 31.9 Å². The highest BCUT2D eigenvalue weighted by molar-refractivity contribution is 5.90. The number of nitrogens with one attached hydrogen (secondary N) is 2. The van der Waals surface area contributed by atoms with Gasteiger partial charge in [-0.1, -0.05) is 44.2 Å². The lowest BCUT2D eigenvalue weighted by Crippen LogP contribution is -2.36. The second-order valence-electron chi connectivity index (χ2n) is 7.60. The van der Waals surface area contributed by atoms with Crippen LogP contribution in [0.2, 0.25) is 0 Å². The number of Topliss-reactive ketones (excluding diaryl/α,β-unsaturated/α-hetero) is 1. The molecule has 2 unspecified atom stereocenters. The Hall–Kier alpha value is -2.75.